The first-order valence-electron chi connectivity index (χ1n) is 5.77. The molecule has 1 aromatic rings. The number of carbonyl (C=O) groups is 2. The van der Waals surface area contributed by atoms with Gasteiger partial charge in [0.15, 0.2) is 0 Å². The van der Waals surface area contributed by atoms with Crippen LogP contribution in [0.1, 0.15) is 11.1 Å². The molecular formula is C13H19N3O2. The molecule has 0 fully saturated rings. The number of rotatable bonds is 4. The minimum Gasteiger partial charge on any atom is -0.347 e. The molecule has 2 N–H and O–H groups in total. The van der Waals surface area contributed by atoms with E-state index in [0.717, 1.165) is 11.1 Å². The van der Waals surface area contributed by atoms with Crippen LogP contribution in [0.2, 0.25) is 0 Å². The molecule has 0 bridgehead atoms. The Morgan fingerprint density at radius 2 is 1.83 bits per heavy atom. The molecule has 3 amide bonds. The summed E-state index contributed by atoms with van der Waals surface area (Å²) in [4.78, 5) is 24.2. The van der Waals surface area contributed by atoms with Crippen molar-refractivity contribution in [3.63, 3.8) is 0 Å². The van der Waals surface area contributed by atoms with E-state index in [2.05, 4.69) is 10.6 Å². The maximum Gasteiger partial charge on any atom is 0.315 e. The average Bonchev–Trinajstić information content (AvgIpc) is 2.34. The Morgan fingerprint density at radius 3 is 2.44 bits per heavy atom. The van der Waals surface area contributed by atoms with Crippen molar-refractivity contribution in [1.29, 1.82) is 0 Å². The van der Waals surface area contributed by atoms with E-state index in [1.165, 1.54) is 4.90 Å². The molecule has 5 nitrogen and oxygen atoms in total. The standard InChI is InChI=1S/C13H19N3O2/c1-10-6-4-5-7-11(10)8-14-13(18)15-9-12(17)16(2)3/h4-7H,8-9H2,1-3H3,(H2,14,15,18). The second kappa shape index (κ2) is 6.64. The van der Waals surface area contributed by atoms with E-state index in [9.17, 15) is 9.59 Å². The Morgan fingerprint density at radius 1 is 1.17 bits per heavy atom. The van der Waals surface area contributed by atoms with Crippen molar-refractivity contribution < 1.29 is 9.59 Å². The molecule has 0 aliphatic rings. The quantitative estimate of drug-likeness (QED) is 0.832. The van der Waals surface area contributed by atoms with E-state index in [4.69, 9.17) is 0 Å². The van der Waals surface area contributed by atoms with Gasteiger partial charge in [-0.1, -0.05) is 24.3 Å². The third kappa shape index (κ3) is 4.45. The lowest BCUT2D eigenvalue weighted by molar-refractivity contribution is -0.127. The van der Waals surface area contributed by atoms with E-state index in [0.29, 0.717) is 6.54 Å². The van der Waals surface area contributed by atoms with Gasteiger partial charge in [-0.05, 0) is 18.1 Å². The Balaban J connectivity index is 2.34. The Kier molecular flexibility index (Phi) is 5.17. The summed E-state index contributed by atoms with van der Waals surface area (Å²) in [7, 11) is 3.30. The first kappa shape index (κ1) is 14.0. The van der Waals surface area contributed by atoms with Crippen molar-refractivity contribution in [2.75, 3.05) is 20.6 Å². The molecule has 1 rings (SSSR count). The van der Waals surface area contributed by atoms with E-state index in [1.54, 1.807) is 14.1 Å². The highest BCUT2D eigenvalue weighted by Gasteiger charge is 2.06. The van der Waals surface area contributed by atoms with Crippen molar-refractivity contribution in [3.05, 3.63) is 35.4 Å². The van der Waals surface area contributed by atoms with Crippen molar-refractivity contribution in [2.45, 2.75) is 13.5 Å². The number of carbonyl (C=O) groups excluding carboxylic acids is 2. The topological polar surface area (TPSA) is 61.4 Å². The summed E-state index contributed by atoms with van der Waals surface area (Å²) in [6, 6.07) is 7.49. The normalized spacial score (nSPS) is 9.72. The number of amides is 3. The summed E-state index contributed by atoms with van der Waals surface area (Å²) in [5, 5.41) is 5.23. The lowest BCUT2D eigenvalue weighted by Crippen LogP contribution is -2.41. The van der Waals surface area contributed by atoms with Crippen molar-refractivity contribution in [3.8, 4) is 0 Å². The van der Waals surface area contributed by atoms with Gasteiger partial charge in [0.2, 0.25) is 5.91 Å². The van der Waals surface area contributed by atoms with Crippen LogP contribution < -0.4 is 10.6 Å². The fourth-order valence-corrected chi connectivity index (χ4v) is 1.36. The molecule has 0 unspecified atom stereocenters. The number of hydrogen-bond acceptors (Lipinski definition) is 2. The lowest BCUT2D eigenvalue weighted by atomic mass is 10.1. The molecule has 0 atom stereocenters. The number of nitrogens with one attached hydrogen (secondary N) is 2. The molecule has 1 aromatic carbocycles. The Hall–Kier alpha value is -2.04. The molecule has 0 saturated heterocycles. The number of benzene rings is 1. The fourth-order valence-electron chi connectivity index (χ4n) is 1.36. The summed E-state index contributed by atoms with van der Waals surface area (Å²) >= 11 is 0. The molecule has 0 radical (unpaired) electrons. The monoisotopic (exact) mass is 249 g/mol. The first-order chi connectivity index (χ1) is 8.50. The number of hydrogen-bond donors (Lipinski definition) is 2. The van der Waals surface area contributed by atoms with Crippen LogP contribution in [0.5, 0.6) is 0 Å². The Labute approximate surface area is 107 Å². The summed E-state index contributed by atoms with van der Waals surface area (Å²) in [6.45, 7) is 2.45. The Bertz CT molecular complexity index is 430. The highest BCUT2D eigenvalue weighted by atomic mass is 16.2. The van der Waals surface area contributed by atoms with Gasteiger partial charge < -0.3 is 15.5 Å². The van der Waals surface area contributed by atoms with Crippen LogP contribution in [-0.4, -0.2) is 37.5 Å². The van der Waals surface area contributed by atoms with Crippen LogP contribution in [0, 0.1) is 6.92 Å². The first-order valence-corrected chi connectivity index (χ1v) is 5.77. The van der Waals surface area contributed by atoms with Gasteiger partial charge in [-0.15, -0.1) is 0 Å². The summed E-state index contributed by atoms with van der Waals surface area (Å²) in [5.74, 6) is -0.138. The van der Waals surface area contributed by atoms with Crippen LogP contribution in [0.15, 0.2) is 24.3 Å². The molecule has 5 heteroatoms. The molecule has 0 aliphatic carbocycles. The van der Waals surface area contributed by atoms with E-state index in [1.807, 2.05) is 31.2 Å². The van der Waals surface area contributed by atoms with Gasteiger partial charge in [0.05, 0.1) is 6.54 Å². The van der Waals surface area contributed by atoms with E-state index in [-0.39, 0.29) is 18.5 Å². The zero-order valence-corrected chi connectivity index (χ0v) is 11.0. The van der Waals surface area contributed by atoms with Gasteiger partial charge in [-0.2, -0.15) is 0 Å². The third-order valence-corrected chi connectivity index (χ3v) is 2.60. The molecule has 0 aromatic heterocycles. The van der Waals surface area contributed by atoms with Crippen molar-refractivity contribution in [2.24, 2.45) is 0 Å². The van der Waals surface area contributed by atoms with Gasteiger partial charge in [-0.3, -0.25) is 4.79 Å². The third-order valence-electron chi connectivity index (χ3n) is 2.60. The summed E-state index contributed by atoms with van der Waals surface area (Å²) in [5.41, 5.74) is 2.19. The van der Waals surface area contributed by atoms with Gasteiger partial charge >= 0.3 is 6.03 Å². The highest BCUT2D eigenvalue weighted by Crippen LogP contribution is 2.05. The SMILES string of the molecule is Cc1ccccc1CNC(=O)NCC(=O)N(C)C. The number of aryl methyl sites for hydroxylation is 1. The number of likely N-dealkylation sites (N-methyl/N-ethyl adjacent to an activating group) is 1. The van der Waals surface area contributed by atoms with Crippen LogP contribution in [-0.2, 0) is 11.3 Å². The number of nitrogens with zero attached hydrogens (tertiary/aromatic N) is 1. The van der Waals surface area contributed by atoms with E-state index < -0.39 is 0 Å². The maximum absolute atomic E-state index is 11.5. The second-order valence-corrected chi connectivity index (χ2v) is 4.25. The lowest BCUT2D eigenvalue weighted by Gasteiger charge is -2.12. The highest BCUT2D eigenvalue weighted by molar-refractivity contribution is 5.83. The van der Waals surface area contributed by atoms with Crippen LogP contribution in [0.3, 0.4) is 0 Å². The van der Waals surface area contributed by atoms with Gasteiger partial charge in [0, 0.05) is 20.6 Å². The smallest absolute Gasteiger partial charge is 0.315 e. The zero-order valence-electron chi connectivity index (χ0n) is 11.0. The molecule has 0 aliphatic heterocycles. The second-order valence-electron chi connectivity index (χ2n) is 4.25. The van der Waals surface area contributed by atoms with Crippen LogP contribution >= 0.6 is 0 Å². The number of urea groups is 1. The minimum atomic E-state index is -0.339. The maximum atomic E-state index is 11.5. The van der Waals surface area contributed by atoms with E-state index >= 15 is 0 Å². The summed E-state index contributed by atoms with van der Waals surface area (Å²) in [6.07, 6.45) is 0. The molecular weight excluding hydrogens is 230 g/mol. The van der Waals surface area contributed by atoms with Crippen LogP contribution in [0.4, 0.5) is 4.79 Å². The molecule has 18 heavy (non-hydrogen) atoms. The van der Waals surface area contributed by atoms with Gasteiger partial charge in [0.1, 0.15) is 0 Å². The van der Waals surface area contributed by atoms with Gasteiger partial charge in [-0.25, -0.2) is 4.79 Å². The largest absolute Gasteiger partial charge is 0.347 e. The molecule has 98 valence electrons. The average molecular weight is 249 g/mol. The fraction of sp³-hybridized carbons (Fsp3) is 0.385. The van der Waals surface area contributed by atoms with Crippen LogP contribution in [0.25, 0.3) is 0 Å². The predicted octanol–water partition coefficient (Wildman–Crippen LogP) is 0.882. The molecule has 0 saturated carbocycles. The zero-order chi connectivity index (χ0) is 13.5. The van der Waals surface area contributed by atoms with Crippen molar-refractivity contribution in [1.82, 2.24) is 15.5 Å². The molecule has 0 heterocycles. The molecule has 0 spiro atoms. The van der Waals surface area contributed by atoms with Gasteiger partial charge in [0.25, 0.3) is 0 Å². The minimum absolute atomic E-state index is 0.00655. The van der Waals surface area contributed by atoms with Crippen molar-refractivity contribution >= 4 is 11.9 Å². The predicted molar refractivity (Wildman–Crippen MR) is 70.1 cm³/mol. The summed E-state index contributed by atoms with van der Waals surface area (Å²) < 4.78 is 0.